The topological polar surface area (TPSA) is 285 Å². The molecule has 3 fully saturated rings. The van der Waals surface area contributed by atoms with Crippen molar-refractivity contribution >= 4 is 78.7 Å². The molecule has 4 aliphatic heterocycles. The maximum Gasteiger partial charge on any atom is 0.389 e. The zero-order chi connectivity index (χ0) is 57.1. The normalized spacial score (nSPS) is 26.1. The Hall–Kier alpha value is -7.65. The molecule has 4 aliphatic rings. The molecule has 0 bridgehead atoms. The summed E-state index contributed by atoms with van der Waals surface area (Å²) in [6.45, 7) is -4.69. The van der Waals surface area contributed by atoms with Crippen molar-refractivity contribution in [1.82, 2.24) is 49.0 Å². The number of alkyl halides is 2. The Morgan fingerprint density at radius 3 is 2.19 bits per heavy atom. The van der Waals surface area contributed by atoms with E-state index in [0.717, 1.165) is 40.1 Å². The first-order chi connectivity index (χ1) is 40.2. The number of benzene rings is 4. The third-order valence-electron chi connectivity index (χ3n) is 14.5. The van der Waals surface area contributed by atoms with Gasteiger partial charge in [-0.05, 0) is 71.0 Å². The molecule has 2 radical (unpaired) electrons. The number of pyridine rings is 1. The van der Waals surface area contributed by atoms with Gasteiger partial charge >= 0.3 is 12.8 Å². The van der Waals surface area contributed by atoms with E-state index in [1.807, 2.05) is 28.9 Å². The second kappa shape index (κ2) is 22.2. The van der Waals surface area contributed by atoms with Crippen molar-refractivity contribution in [2.45, 2.75) is 68.1 Å². The number of fused-ring (bicyclic) bond motifs is 9. The van der Waals surface area contributed by atoms with Gasteiger partial charge in [0.15, 0.2) is 41.9 Å². The van der Waals surface area contributed by atoms with Crippen molar-refractivity contribution in [1.29, 1.82) is 0 Å². The standard InChI is InChI=1S/C53H48BF2N13O11P2S/c1-66-22-31-6-2-3-7-34(31)45-42(35-8-4-5-9-37(35)66)64-65-69(45)20-21-73-32-16-12-30(13-17-32)53(70)76-33-14-10-29(11-15-33)25-83-82(72)75-24-39-46(40(55)51(78-39)68-28-63-44-48(58)60-26-61-50(44)68)79-81(54,71)74-23-38-47(80-82)41(56)52(77-38)67-27-62-43-36(57)18-19-59-49(43)67/h2-19,26-28,38-41,46-47,51-52H,20-25H2,1H3,(H2,57,59)(H2,58,60,61)/t38-,39-,40-,41-,46-,47-,51-,52-,81-,82+/m1/s1. The lowest BCUT2D eigenvalue weighted by atomic mass is 9.96. The number of hydrogen-bond acceptors (Lipinski definition) is 22. The van der Waals surface area contributed by atoms with Crippen molar-refractivity contribution in [3.63, 3.8) is 0 Å². The highest BCUT2D eigenvalue weighted by Gasteiger charge is 2.55. The third-order valence-corrected chi connectivity index (χ3v) is 19.2. The van der Waals surface area contributed by atoms with Crippen LogP contribution >= 0.6 is 25.7 Å². The van der Waals surface area contributed by atoms with Gasteiger partial charge in [-0.3, -0.25) is 22.7 Å². The summed E-state index contributed by atoms with van der Waals surface area (Å²) in [5.74, 6) is 0.0323. The first-order valence-electron chi connectivity index (χ1n) is 25.9. The lowest BCUT2D eigenvalue weighted by molar-refractivity contribution is -0.0546. The van der Waals surface area contributed by atoms with Gasteiger partial charge in [-0.1, -0.05) is 59.8 Å². The van der Waals surface area contributed by atoms with Crippen LogP contribution < -0.4 is 25.8 Å². The number of nitrogen functional groups attached to an aromatic ring is 2. The highest BCUT2D eigenvalue weighted by molar-refractivity contribution is 8.54. The largest absolute Gasteiger partial charge is 0.492 e. The molecule has 9 heterocycles. The summed E-state index contributed by atoms with van der Waals surface area (Å²) in [6, 6.07) is 30.8. The van der Waals surface area contributed by atoms with Crippen LogP contribution in [0.25, 0.3) is 44.8 Å². The van der Waals surface area contributed by atoms with Crippen molar-refractivity contribution in [3.8, 4) is 34.0 Å². The van der Waals surface area contributed by atoms with Gasteiger partial charge in [0.05, 0.1) is 49.4 Å². The summed E-state index contributed by atoms with van der Waals surface area (Å²) in [5, 5.41) is 9.19. The van der Waals surface area contributed by atoms with E-state index >= 15 is 13.3 Å². The van der Waals surface area contributed by atoms with Crippen molar-refractivity contribution in [2.75, 3.05) is 43.2 Å². The number of imidazole rings is 2. The van der Waals surface area contributed by atoms with Gasteiger partial charge in [0.1, 0.15) is 65.6 Å². The minimum atomic E-state index is -4.72. The Bertz CT molecular complexity index is 4020. The number of anilines is 3. The number of rotatable bonds is 11. The maximum atomic E-state index is 17.0. The molecule has 13 rings (SSSR count). The molecule has 0 aliphatic carbocycles. The lowest BCUT2D eigenvalue weighted by Crippen LogP contribution is -2.37. The number of hydrogen-bond donors (Lipinski definition) is 2. The molecular formula is C53H48BF2N13O11P2S. The zero-order valence-electron chi connectivity index (χ0n) is 43.7. The summed E-state index contributed by atoms with van der Waals surface area (Å²) in [6.07, 6.45) is -8.70. The van der Waals surface area contributed by atoms with Crippen LogP contribution in [-0.2, 0) is 55.5 Å². The molecule has 0 spiro atoms. The molecule has 424 valence electrons. The number of esters is 1. The van der Waals surface area contributed by atoms with E-state index in [4.69, 9.17) is 56.1 Å². The first kappa shape index (κ1) is 54.6. The Morgan fingerprint density at radius 2 is 1.43 bits per heavy atom. The predicted octanol–water partition coefficient (Wildman–Crippen LogP) is 8.22. The fraction of sp³-hybridized carbons (Fsp3) is 0.283. The Morgan fingerprint density at radius 1 is 0.771 bits per heavy atom. The summed E-state index contributed by atoms with van der Waals surface area (Å²) < 4.78 is 115. The van der Waals surface area contributed by atoms with Gasteiger partial charge in [-0.15, -0.1) is 5.10 Å². The summed E-state index contributed by atoms with van der Waals surface area (Å²) in [4.78, 5) is 36.5. The van der Waals surface area contributed by atoms with Crippen LogP contribution in [0.5, 0.6) is 11.5 Å². The molecule has 83 heavy (non-hydrogen) atoms. The van der Waals surface area contributed by atoms with Gasteiger partial charge in [-0.25, -0.2) is 47.7 Å². The smallest absolute Gasteiger partial charge is 0.389 e. The van der Waals surface area contributed by atoms with E-state index in [9.17, 15) is 9.36 Å². The number of nitrogens with zero attached hydrogens (tertiary/aromatic N) is 11. The summed E-state index contributed by atoms with van der Waals surface area (Å²) in [5.41, 5.74) is 19.8. The minimum absolute atomic E-state index is 0.0171. The summed E-state index contributed by atoms with van der Waals surface area (Å²) in [7, 11) is 3.41. The number of ether oxygens (including phenoxy) is 4. The molecule has 0 amide bonds. The molecule has 4 N–H and O–H groups in total. The Balaban J connectivity index is 0.690. The van der Waals surface area contributed by atoms with Gasteiger partial charge in [0.25, 0.3) is 7.47 Å². The lowest BCUT2D eigenvalue weighted by Gasteiger charge is -2.30. The van der Waals surface area contributed by atoms with Crippen LogP contribution in [0.1, 0.15) is 33.9 Å². The highest BCUT2D eigenvalue weighted by atomic mass is 32.7. The van der Waals surface area contributed by atoms with Crippen LogP contribution in [-0.4, -0.2) is 126 Å². The second-order valence-corrected chi connectivity index (χ2v) is 25.3. The molecule has 4 aromatic carbocycles. The van der Waals surface area contributed by atoms with Gasteiger partial charge in [0.2, 0.25) is 7.57 Å². The number of nitrogens with two attached hydrogens (primary N) is 2. The Labute approximate surface area is 475 Å². The van der Waals surface area contributed by atoms with E-state index in [1.165, 1.54) is 34.1 Å². The quantitative estimate of drug-likeness (QED) is 0.0533. The maximum absolute atomic E-state index is 17.0. The summed E-state index contributed by atoms with van der Waals surface area (Å²) >= 11 is 0.675. The van der Waals surface area contributed by atoms with Crippen LogP contribution in [0, 0.1) is 0 Å². The van der Waals surface area contributed by atoms with Crippen LogP contribution in [0.2, 0.25) is 0 Å². The van der Waals surface area contributed by atoms with E-state index in [2.05, 4.69) is 71.4 Å². The first-order valence-corrected chi connectivity index (χ1v) is 30.7. The average Bonchev–Trinajstić information content (AvgIpc) is 2.84. The monoisotopic (exact) mass is 1190 g/mol. The van der Waals surface area contributed by atoms with E-state index in [0.29, 0.717) is 35.8 Å². The molecule has 24 nitrogen and oxygen atoms in total. The van der Waals surface area contributed by atoms with Gasteiger partial charge in [-0.2, -0.15) is 0 Å². The number of para-hydroxylation sites is 1. The second-order valence-electron chi connectivity index (χ2n) is 19.8. The molecule has 30 heteroatoms. The molecule has 0 unspecified atom stereocenters. The SMILES string of the molecule is [B][P@@]1(=O)OC[C@H]2O[C@@H](n3cnc4c(N)ccnc43)[C@H](F)[C@@H]2O[P@@](=O)(SCc2ccc(OC(=O)c3ccc(OCCn4nnc5c4-c4ccccc4CN(C)c4ccccc4-5)cc3)cc2)OC[C@H]2O[C@@H](n3cnc4c(N)ncnc43)[C@H](F)[C@@H]2O1. The number of carbonyl (C=O) groups excluding carboxylic acids is 1. The molecule has 9 aromatic rings. The van der Waals surface area contributed by atoms with Crippen LogP contribution in [0.4, 0.5) is 26.0 Å². The number of aromatic nitrogens is 10. The molecule has 0 saturated carbocycles. The van der Waals surface area contributed by atoms with E-state index in [-0.39, 0.29) is 57.5 Å². The van der Waals surface area contributed by atoms with Crippen molar-refractivity contribution in [2.24, 2.45) is 0 Å². The average molecular weight is 1190 g/mol. The fourth-order valence-corrected chi connectivity index (χ4v) is 14.8. The van der Waals surface area contributed by atoms with Crippen molar-refractivity contribution < 1.29 is 59.7 Å². The Kier molecular flexibility index (Phi) is 14.6. The molecular weight excluding hydrogens is 1140 g/mol. The van der Waals surface area contributed by atoms with E-state index in [1.54, 1.807) is 48.5 Å². The van der Waals surface area contributed by atoms with Gasteiger partial charge in [0, 0.05) is 42.4 Å². The van der Waals surface area contributed by atoms with Gasteiger partial charge < -0.3 is 44.4 Å². The van der Waals surface area contributed by atoms with E-state index < -0.39 is 82.7 Å². The number of halogens is 2. The number of carbonyl (C=O) groups is 1. The fourth-order valence-electron chi connectivity index (χ4n) is 10.4. The molecule has 10 atom stereocenters. The molecule has 5 aromatic heterocycles. The zero-order valence-corrected chi connectivity index (χ0v) is 46.3. The predicted molar refractivity (Wildman–Crippen MR) is 300 cm³/mol. The van der Waals surface area contributed by atoms with Crippen LogP contribution in [0.15, 0.2) is 128 Å². The third kappa shape index (κ3) is 10.6. The minimum Gasteiger partial charge on any atom is -0.492 e. The van der Waals surface area contributed by atoms with Crippen molar-refractivity contribution in [3.05, 3.63) is 145 Å². The molecule has 3 saturated heterocycles. The van der Waals surface area contributed by atoms with Crippen LogP contribution in [0.3, 0.4) is 0 Å². The highest BCUT2D eigenvalue weighted by Crippen LogP contribution is 2.65.